The molecule has 3 saturated heterocycles. The number of imide groups is 1. The summed E-state index contributed by atoms with van der Waals surface area (Å²) in [7, 11) is 0. The number of hydrogen-bond donors (Lipinski definition) is 1. The number of hydrogen-bond acceptors (Lipinski definition) is 4. The largest absolute Gasteiger partial charge is 0.324 e. The van der Waals surface area contributed by atoms with Gasteiger partial charge in [0.25, 0.3) is 0 Å². The van der Waals surface area contributed by atoms with Crippen molar-refractivity contribution < 1.29 is 14.4 Å². The zero-order valence-corrected chi connectivity index (χ0v) is 18.1. The molecule has 0 aromatic heterocycles. The van der Waals surface area contributed by atoms with E-state index in [9.17, 15) is 14.4 Å². The van der Waals surface area contributed by atoms with Crippen LogP contribution in [0.5, 0.6) is 0 Å². The number of nitrogens with one attached hydrogen (secondary N) is 1. The van der Waals surface area contributed by atoms with Crippen molar-refractivity contribution in [2.75, 3.05) is 16.8 Å². The minimum atomic E-state index is -1.13. The van der Waals surface area contributed by atoms with Crippen molar-refractivity contribution in [3.05, 3.63) is 58.1 Å². The van der Waals surface area contributed by atoms with Crippen LogP contribution in [-0.4, -0.2) is 35.2 Å². The molecular formula is C24H22ClN3O3. The van der Waals surface area contributed by atoms with Crippen LogP contribution in [0.1, 0.15) is 29.5 Å². The lowest BCUT2D eigenvalue weighted by Crippen LogP contribution is -2.54. The molecule has 4 atom stereocenters. The van der Waals surface area contributed by atoms with E-state index in [0.717, 1.165) is 35.2 Å². The monoisotopic (exact) mass is 435 g/mol. The molecule has 1 N–H and O–H groups in total. The average Bonchev–Trinajstić information content (AvgIpc) is 3.42. The van der Waals surface area contributed by atoms with Gasteiger partial charge in [0, 0.05) is 22.3 Å². The SMILES string of the molecule is Cc1cc(C)c2c(c1)[C@]1(C(=O)N2)[C@@H]2C(=O)N(c3ccc(Cl)cc3)C(=O)[C@H]2[C@H]2CCCN21. The van der Waals surface area contributed by atoms with E-state index in [1.807, 2.05) is 26.0 Å². The summed E-state index contributed by atoms with van der Waals surface area (Å²) in [6.45, 7) is 4.68. The van der Waals surface area contributed by atoms with Crippen molar-refractivity contribution >= 4 is 40.7 Å². The van der Waals surface area contributed by atoms with Crippen molar-refractivity contribution in [1.29, 1.82) is 0 Å². The van der Waals surface area contributed by atoms with E-state index in [2.05, 4.69) is 10.2 Å². The molecule has 0 radical (unpaired) electrons. The Labute approximate surface area is 185 Å². The van der Waals surface area contributed by atoms with Gasteiger partial charge in [-0.1, -0.05) is 29.3 Å². The van der Waals surface area contributed by atoms with Gasteiger partial charge in [-0.25, -0.2) is 4.90 Å². The molecular weight excluding hydrogens is 414 g/mol. The number of fused-ring (bicyclic) bond motifs is 7. The molecule has 4 aliphatic rings. The second-order valence-electron chi connectivity index (χ2n) is 9.12. The fourth-order valence-corrected chi connectivity index (χ4v) is 6.63. The predicted octanol–water partition coefficient (Wildman–Crippen LogP) is 3.39. The first-order chi connectivity index (χ1) is 14.9. The molecule has 7 heteroatoms. The summed E-state index contributed by atoms with van der Waals surface area (Å²) in [5, 5.41) is 3.61. The number of anilines is 2. The first-order valence-corrected chi connectivity index (χ1v) is 11.1. The van der Waals surface area contributed by atoms with Crippen molar-refractivity contribution in [2.45, 2.75) is 38.3 Å². The van der Waals surface area contributed by atoms with Crippen LogP contribution < -0.4 is 10.2 Å². The van der Waals surface area contributed by atoms with Gasteiger partial charge in [-0.2, -0.15) is 0 Å². The second-order valence-corrected chi connectivity index (χ2v) is 9.56. The van der Waals surface area contributed by atoms with E-state index < -0.39 is 17.4 Å². The number of benzene rings is 2. The Balaban J connectivity index is 1.57. The lowest BCUT2D eigenvalue weighted by molar-refractivity contribution is -0.135. The first kappa shape index (κ1) is 19.0. The number of halogens is 1. The smallest absolute Gasteiger partial charge is 0.250 e. The van der Waals surface area contributed by atoms with Gasteiger partial charge in [-0.15, -0.1) is 0 Å². The number of amides is 3. The third-order valence-corrected chi connectivity index (χ3v) is 7.78. The lowest BCUT2D eigenvalue weighted by Gasteiger charge is -2.36. The molecule has 4 heterocycles. The van der Waals surface area contributed by atoms with E-state index in [1.165, 1.54) is 4.90 Å². The molecule has 2 aromatic carbocycles. The Morgan fingerprint density at radius 1 is 1.06 bits per heavy atom. The minimum Gasteiger partial charge on any atom is -0.324 e. The van der Waals surface area contributed by atoms with Gasteiger partial charge < -0.3 is 5.32 Å². The van der Waals surface area contributed by atoms with Crippen molar-refractivity contribution in [1.82, 2.24) is 4.90 Å². The van der Waals surface area contributed by atoms with E-state index in [-0.39, 0.29) is 23.8 Å². The van der Waals surface area contributed by atoms with Gasteiger partial charge in [-0.05, 0) is 63.1 Å². The van der Waals surface area contributed by atoms with Crippen LogP contribution in [0.3, 0.4) is 0 Å². The fraction of sp³-hybridized carbons (Fsp3) is 0.375. The Hall–Kier alpha value is -2.70. The average molecular weight is 436 g/mol. The maximum atomic E-state index is 13.9. The molecule has 2 aromatic rings. The van der Waals surface area contributed by atoms with Crippen LogP contribution >= 0.6 is 11.6 Å². The topological polar surface area (TPSA) is 69.7 Å². The maximum absolute atomic E-state index is 13.9. The first-order valence-electron chi connectivity index (χ1n) is 10.7. The molecule has 158 valence electrons. The zero-order valence-electron chi connectivity index (χ0n) is 17.3. The summed E-state index contributed by atoms with van der Waals surface area (Å²) in [6.07, 6.45) is 1.72. The molecule has 6 nitrogen and oxygen atoms in total. The molecule has 31 heavy (non-hydrogen) atoms. The van der Waals surface area contributed by atoms with Crippen LogP contribution in [0.4, 0.5) is 11.4 Å². The van der Waals surface area contributed by atoms with Gasteiger partial charge in [0.1, 0.15) is 5.54 Å². The number of aryl methyl sites for hydroxylation is 2. The van der Waals surface area contributed by atoms with E-state index >= 15 is 0 Å². The predicted molar refractivity (Wildman–Crippen MR) is 117 cm³/mol. The number of carbonyl (C=O) groups excluding carboxylic acids is 3. The number of rotatable bonds is 1. The number of carbonyl (C=O) groups is 3. The lowest BCUT2D eigenvalue weighted by atomic mass is 9.75. The Kier molecular flexibility index (Phi) is 3.79. The van der Waals surface area contributed by atoms with Gasteiger partial charge in [-0.3, -0.25) is 19.3 Å². The summed E-state index contributed by atoms with van der Waals surface area (Å²) >= 11 is 6.02. The third-order valence-electron chi connectivity index (χ3n) is 7.53. The molecule has 0 aliphatic carbocycles. The van der Waals surface area contributed by atoms with Gasteiger partial charge in [0.15, 0.2) is 0 Å². The maximum Gasteiger partial charge on any atom is 0.250 e. The van der Waals surface area contributed by atoms with Crippen LogP contribution in [0, 0.1) is 25.7 Å². The fourth-order valence-electron chi connectivity index (χ4n) is 6.50. The zero-order chi connectivity index (χ0) is 21.7. The molecule has 3 amide bonds. The summed E-state index contributed by atoms with van der Waals surface area (Å²) in [5.74, 6) is -1.95. The Bertz CT molecular complexity index is 1180. The normalized spacial score (nSPS) is 31.4. The van der Waals surface area contributed by atoms with E-state index in [4.69, 9.17) is 11.6 Å². The van der Waals surface area contributed by atoms with Gasteiger partial charge in [0.05, 0.1) is 17.5 Å². The third kappa shape index (κ3) is 2.19. The van der Waals surface area contributed by atoms with Crippen molar-refractivity contribution in [3.8, 4) is 0 Å². The van der Waals surface area contributed by atoms with E-state index in [0.29, 0.717) is 17.3 Å². The highest BCUT2D eigenvalue weighted by molar-refractivity contribution is 6.31. The van der Waals surface area contributed by atoms with Crippen LogP contribution in [0.25, 0.3) is 0 Å². The Morgan fingerprint density at radius 2 is 1.81 bits per heavy atom. The van der Waals surface area contributed by atoms with Crippen LogP contribution in [-0.2, 0) is 19.9 Å². The molecule has 0 unspecified atom stereocenters. The summed E-state index contributed by atoms with van der Waals surface area (Å²) < 4.78 is 0. The summed E-state index contributed by atoms with van der Waals surface area (Å²) in [6, 6.07) is 10.7. The van der Waals surface area contributed by atoms with E-state index in [1.54, 1.807) is 24.3 Å². The molecule has 0 saturated carbocycles. The van der Waals surface area contributed by atoms with Gasteiger partial charge in [0.2, 0.25) is 17.7 Å². The molecule has 4 aliphatic heterocycles. The van der Waals surface area contributed by atoms with Gasteiger partial charge >= 0.3 is 0 Å². The highest BCUT2D eigenvalue weighted by Gasteiger charge is 2.74. The summed E-state index contributed by atoms with van der Waals surface area (Å²) in [4.78, 5) is 44.6. The summed E-state index contributed by atoms with van der Waals surface area (Å²) in [5.41, 5.74) is 3.02. The molecule has 3 fully saturated rings. The minimum absolute atomic E-state index is 0.115. The quantitative estimate of drug-likeness (QED) is 0.697. The van der Waals surface area contributed by atoms with Crippen molar-refractivity contribution in [3.63, 3.8) is 0 Å². The second kappa shape index (κ2) is 6.17. The van der Waals surface area contributed by atoms with Crippen molar-refractivity contribution in [2.24, 2.45) is 11.8 Å². The molecule has 1 spiro atoms. The molecule has 0 bridgehead atoms. The highest BCUT2D eigenvalue weighted by Crippen LogP contribution is 2.61. The highest BCUT2D eigenvalue weighted by atomic mass is 35.5. The van der Waals surface area contributed by atoms with Crippen LogP contribution in [0.2, 0.25) is 5.02 Å². The number of nitrogens with zero attached hydrogens (tertiary/aromatic N) is 2. The van der Waals surface area contributed by atoms with Crippen LogP contribution in [0.15, 0.2) is 36.4 Å². The molecule has 6 rings (SSSR count). The standard InChI is InChI=1S/C24H22ClN3O3/c1-12-10-13(2)20-16(11-12)24(23(31)26-20)19-18(17-4-3-9-27(17)24)21(29)28(22(19)30)15-7-5-14(25)6-8-15/h5-8,10-11,17-19H,3-4,9H2,1-2H3,(H,26,31)/t17-,18+,19+,24-/m1/s1. The Morgan fingerprint density at radius 3 is 2.55 bits per heavy atom.